The number of aliphatic hydroxyl groups excluding tert-OH is 1. The molecule has 5 rings (SSSR count). The van der Waals surface area contributed by atoms with E-state index in [-0.39, 0.29) is 6.10 Å². The molecule has 1 N–H and O–H groups in total. The number of aromatic nitrogens is 1. The van der Waals surface area contributed by atoms with Gasteiger partial charge in [-0.3, -0.25) is 9.80 Å². The van der Waals surface area contributed by atoms with Crippen LogP contribution in [0.4, 0.5) is 0 Å². The van der Waals surface area contributed by atoms with Gasteiger partial charge in [-0.05, 0) is 50.9 Å². The number of nitrogens with zero attached hydrogens (tertiary/aromatic N) is 4. The SMILES string of the molecule is Cc1ccc2c(c1)c1c3n2CCN(C[C@@H](O)CN2CCN(C)CC2)[C@@H]3CCC1. The van der Waals surface area contributed by atoms with E-state index in [2.05, 4.69) is 51.4 Å². The van der Waals surface area contributed by atoms with Crippen LogP contribution in [0.2, 0.25) is 0 Å². The van der Waals surface area contributed by atoms with E-state index < -0.39 is 0 Å². The Kier molecular flexibility index (Phi) is 4.95. The number of β-amino-alcohol motifs (C(OH)–C–C–N with tert-alkyl or cyclic N) is 1. The van der Waals surface area contributed by atoms with Crippen molar-refractivity contribution in [2.24, 2.45) is 0 Å². The van der Waals surface area contributed by atoms with Crippen LogP contribution < -0.4 is 0 Å². The van der Waals surface area contributed by atoms with Gasteiger partial charge in [-0.1, -0.05) is 11.6 Å². The fraction of sp³-hybridized carbons (Fsp3) is 0.652. The maximum atomic E-state index is 10.8. The van der Waals surface area contributed by atoms with Gasteiger partial charge in [0, 0.05) is 69.0 Å². The van der Waals surface area contributed by atoms with Crippen molar-refractivity contribution in [3.05, 3.63) is 35.0 Å². The normalized spacial score (nSPS) is 25.2. The highest BCUT2D eigenvalue weighted by atomic mass is 16.3. The predicted octanol–water partition coefficient (Wildman–Crippen LogP) is 2.25. The molecule has 5 heteroatoms. The molecule has 0 saturated carbocycles. The molecule has 5 nitrogen and oxygen atoms in total. The van der Waals surface area contributed by atoms with Crippen LogP contribution in [0.3, 0.4) is 0 Å². The van der Waals surface area contributed by atoms with Crippen molar-refractivity contribution < 1.29 is 5.11 Å². The summed E-state index contributed by atoms with van der Waals surface area (Å²) in [5.74, 6) is 0. The summed E-state index contributed by atoms with van der Waals surface area (Å²) in [5, 5.41) is 12.3. The summed E-state index contributed by atoms with van der Waals surface area (Å²) in [6.45, 7) is 10.3. The van der Waals surface area contributed by atoms with Crippen LogP contribution in [0, 0.1) is 6.92 Å². The molecule has 2 atom stereocenters. The Hall–Kier alpha value is -1.40. The van der Waals surface area contributed by atoms with Crippen LogP contribution in [0.5, 0.6) is 0 Å². The molecule has 1 aliphatic carbocycles. The topological polar surface area (TPSA) is 34.9 Å². The Morgan fingerprint density at radius 3 is 2.71 bits per heavy atom. The summed E-state index contributed by atoms with van der Waals surface area (Å²) in [5.41, 5.74) is 5.89. The first-order chi connectivity index (χ1) is 13.6. The molecule has 0 amide bonds. The molecule has 0 unspecified atom stereocenters. The molecule has 3 aliphatic rings. The molecule has 0 spiro atoms. The lowest BCUT2D eigenvalue weighted by Gasteiger charge is -2.41. The van der Waals surface area contributed by atoms with Gasteiger partial charge >= 0.3 is 0 Å². The molecular weight excluding hydrogens is 348 g/mol. The number of benzene rings is 1. The molecule has 152 valence electrons. The largest absolute Gasteiger partial charge is 0.390 e. The molecule has 2 aromatic rings. The van der Waals surface area contributed by atoms with E-state index in [0.29, 0.717) is 6.04 Å². The molecule has 0 radical (unpaired) electrons. The Labute approximate surface area is 168 Å². The van der Waals surface area contributed by atoms with E-state index >= 15 is 0 Å². The zero-order valence-electron chi connectivity index (χ0n) is 17.4. The van der Waals surface area contributed by atoms with Gasteiger partial charge in [-0.15, -0.1) is 0 Å². The smallest absolute Gasteiger partial charge is 0.0794 e. The molecule has 1 aromatic heterocycles. The zero-order chi connectivity index (χ0) is 19.3. The van der Waals surface area contributed by atoms with Crippen LogP contribution in [0.1, 0.15) is 35.7 Å². The highest BCUT2D eigenvalue weighted by molar-refractivity contribution is 5.87. The highest BCUT2D eigenvalue weighted by Gasteiger charge is 2.35. The van der Waals surface area contributed by atoms with Crippen LogP contribution >= 0.6 is 0 Å². The number of likely N-dealkylation sites (N-methyl/N-ethyl adjacent to an activating group) is 1. The number of aliphatic hydroxyl groups is 1. The fourth-order valence-corrected chi connectivity index (χ4v) is 5.67. The van der Waals surface area contributed by atoms with Crippen LogP contribution in [0.15, 0.2) is 18.2 Å². The number of aryl methyl sites for hydroxylation is 2. The van der Waals surface area contributed by atoms with Crippen molar-refractivity contribution in [2.75, 3.05) is 52.9 Å². The van der Waals surface area contributed by atoms with Gasteiger partial charge in [0.15, 0.2) is 0 Å². The van der Waals surface area contributed by atoms with E-state index in [1.54, 1.807) is 11.3 Å². The first kappa shape index (κ1) is 18.6. The Balaban J connectivity index is 1.34. The van der Waals surface area contributed by atoms with Gasteiger partial charge in [0.1, 0.15) is 0 Å². The van der Waals surface area contributed by atoms with Gasteiger partial charge in [-0.2, -0.15) is 0 Å². The molecular formula is C23H34N4O. The van der Waals surface area contributed by atoms with Crippen molar-refractivity contribution in [1.82, 2.24) is 19.3 Å². The van der Waals surface area contributed by atoms with Crippen LogP contribution in [0.25, 0.3) is 10.9 Å². The van der Waals surface area contributed by atoms with E-state index in [0.717, 1.165) is 52.4 Å². The van der Waals surface area contributed by atoms with Gasteiger partial charge in [0.2, 0.25) is 0 Å². The van der Waals surface area contributed by atoms with E-state index in [4.69, 9.17) is 0 Å². The molecule has 28 heavy (non-hydrogen) atoms. The monoisotopic (exact) mass is 382 g/mol. The third-order valence-electron chi connectivity index (χ3n) is 7.15. The van der Waals surface area contributed by atoms with Gasteiger partial charge in [0.25, 0.3) is 0 Å². The second-order valence-corrected chi connectivity index (χ2v) is 9.20. The number of hydrogen-bond donors (Lipinski definition) is 1. The third-order valence-corrected chi connectivity index (χ3v) is 7.15. The number of rotatable bonds is 4. The molecule has 1 fully saturated rings. The lowest BCUT2D eigenvalue weighted by atomic mass is 9.89. The van der Waals surface area contributed by atoms with Crippen LogP contribution in [-0.4, -0.2) is 83.3 Å². The molecule has 1 saturated heterocycles. The summed E-state index contributed by atoms with van der Waals surface area (Å²) >= 11 is 0. The number of piperazine rings is 1. The predicted molar refractivity (Wildman–Crippen MR) is 114 cm³/mol. The van der Waals surface area contributed by atoms with Crippen molar-refractivity contribution in [1.29, 1.82) is 0 Å². The van der Waals surface area contributed by atoms with Gasteiger partial charge in [0.05, 0.1) is 12.1 Å². The van der Waals surface area contributed by atoms with Gasteiger partial charge in [-0.25, -0.2) is 0 Å². The summed E-state index contributed by atoms with van der Waals surface area (Å²) < 4.78 is 2.58. The summed E-state index contributed by atoms with van der Waals surface area (Å²) in [7, 11) is 2.18. The standard InChI is InChI=1S/C23H34N4O/c1-17-6-7-21-20(14-17)19-4-3-5-22-23(19)27(21)13-12-26(22)16-18(28)15-25-10-8-24(2)9-11-25/h6-7,14,18,22,28H,3-5,8-13,15-16H2,1-2H3/t18-,22+/m0/s1. The second kappa shape index (κ2) is 7.45. The highest BCUT2D eigenvalue weighted by Crippen LogP contribution is 2.42. The van der Waals surface area contributed by atoms with E-state index in [9.17, 15) is 5.11 Å². The number of fused-ring (bicyclic) bond motifs is 3. The Morgan fingerprint density at radius 2 is 1.89 bits per heavy atom. The fourth-order valence-electron chi connectivity index (χ4n) is 5.67. The lowest BCUT2D eigenvalue weighted by Crippen LogP contribution is -2.50. The average molecular weight is 383 g/mol. The lowest BCUT2D eigenvalue weighted by molar-refractivity contribution is 0.0316. The zero-order valence-corrected chi connectivity index (χ0v) is 17.4. The molecule has 1 aromatic carbocycles. The van der Waals surface area contributed by atoms with Crippen molar-refractivity contribution in [2.45, 2.75) is 44.9 Å². The maximum Gasteiger partial charge on any atom is 0.0794 e. The average Bonchev–Trinajstić information content (AvgIpc) is 3.00. The minimum absolute atomic E-state index is 0.257. The van der Waals surface area contributed by atoms with Crippen molar-refractivity contribution in [3.63, 3.8) is 0 Å². The van der Waals surface area contributed by atoms with Crippen LogP contribution in [-0.2, 0) is 13.0 Å². The van der Waals surface area contributed by atoms with E-state index in [1.807, 2.05) is 0 Å². The summed E-state index contributed by atoms with van der Waals surface area (Å²) in [4.78, 5) is 7.38. The van der Waals surface area contributed by atoms with Crippen molar-refractivity contribution in [3.8, 4) is 0 Å². The molecule has 0 bridgehead atoms. The molecule has 2 aliphatic heterocycles. The third kappa shape index (κ3) is 3.28. The molecule has 3 heterocycles. The quantitative estimate of drug-likeness (QED) is 0.880. The van der Waals surface area contributed by atoms with E-state index in [1.165, 1.54) is 35.7 Å². The van der Waals surface area contributed by atoms with Crippen molar-refractivity contribution >= 4 is 10.9 Å². The number of hydrogen-bond acceptors (Lipinski definition) is 4. The Bertz CT molecular complexity index is 852. The first-order valence-corrected chi connectivity index (χ1v) is 11.0. The summed E-state index contributed by atoms with van der Waals surface area (Å²) in [6.07, 6.45) is 3.43. The summed E-state index contributed by atoms with van der Waals surface area (Å²) in [6, 6.07) is 7.42. The Morgan fingerprint density at radius 1 is 1.07 bits per heavy atom. The maximum absolute atomic E-state index is 10.8. The van der Waals surface area contributed by atoms with Gasteiger partial charge < -0.3 is 14.6 Å². The minimum atomic E-state index is -0.257. The first-order valence-electron chi connectivity index (χ1n) is 11.0. The minimum Gasteiger partial charge on any atom is -0.390 e. The second-order valence-electron chi connectivity index (χ2n) is 9.20.